The van der Waals surface area contributed by atoms with Crippen molar-refractivity contribution in [2.75, 3.05) is 31.7 Å². The van der Waals surface area contributed by atoms with Crippen molar-refractivity contribution >= 4 is 28.4 Å². The lowest BCUT2D eigenvalue weighted by molar-refractivity contribution is -0.121. The number of carbonyl (C=O) groups excluding carboxylic acids is 2. The van der Waals surface area contributed by atoms with Crippen molar-refractivity contribution < 1.29 is 14.3 Å². The Morgan fingerprint density at radius 2 is 2.04 bits per heavy atom. The number of rotatable bonds is 7. The van der Waals surface area contributed by atoms with Gasteiger partial charge in [0, 0.05) is 45.1 Å². The van der Waals surface area contributed by atoms with Crippen molar-refractivity contribution in [3.63, 3.8) is 0 Å². The van der Waals surface area contributed by atoms with Gasteiger partial charge in [-0.2, -0.15) is 0 Å². The Labute approximate surface area is 135 Å². The third-order valence-electron chi connectivity index (χ3n) is 3.47. The topological polar surface area (TPSA) is 71.5 Å². The van der Waals surface area contributed by atoms with E-state index in [-0.39, 0.29) is 18.2 Å². The van der Waals surface area contributed by atoms with Crippen molar-refractivity contribution in [1.29, 1.82) is 0 Å². The molecule has 0 unspecified atom stereocenters. The summed E-state index contributed by atoms with van der Waals surface area (Å²) in [5.41, 5.74) is 1.48. The van der Waals surface area contributed by atoms with Crippen LogP contribution in [0.4, 0.5) is 5.69 Å². The quantitative estimate of drug-likeness (QED) is 0.790. The number of carbonyl (C=O) groups is 2. The first-order valence-electron chi connectivity index (χ1n) is 7.51. The normalized spacial score (nSPS) is 10.5. The van der Waals surface area contributed by atoms with Gasteiger partial charge < -0.3 is 15.0 Å². The van der Waals surface area contributed by atoms with Gasteiger partial charge in [-0.25, -0.2) is 0 Å². The molecule has 2 amide bonds. The standard InChI is InChI=1S/C17H21N3O3/c1-13(21)20(11-8-16(22)18-10-12-23-2)15-7-3-5-14-6-4-9-19-17(14)15/h3-7,9H,8,10-12H2,1-2H3,(H,18,22). The van der Waals surface area contributed by atoms with Gasteiger partial charge in [0.2, 0.25) is 11.8 Å². The van der Waals surface area contributed by atoms with E-state index >= 15 is 0 Å². The largest absolute Gasteiger partial charge is 0.383 e. The second-order valence-electron chi connectivity index (χ2n) is 5.12. The van der Waals surface area contributed by atoms with Gasteiger partial charge in [-0.1, -0.05) is 18.2 Å². The summed E-state index contributed by atoms with van der Waals surface area (Å²) < 4.78 is 4.89. The first-order chi connectivity index (χ1) is 11.1. The maximum absolute atomic E-state index is 12.0. The number of hydrogen-bond acceptors (Lipinski definition) is 4. The van der Waals surface area contributed by atoms with Gasteiger partial charge in [-0.15, -0.1) is 0 Å². The molecule has 1 heterocycles. The Balaban J connectivity index is 2.12. The van der Waals surface area contributed by atoms with Crippen LogP contribution in [0.15, 0.2) is 36.5 Å². The van der Waals surface area contributed by atoms with E-state index in [1.54, 1.807) is 18.2 Å². The van der Waals surface area contributed by atoms with E-state index in [1.165, 1.54) is 6.92 Å². The maximum atomic E-state index is 12.0. The molecule has 2 aromatic rings. The molecule has 0 atom stereocenters. The zero-order valence-electron chi connectivity index (χ0n) is 13.4. The number of fused-ring (bicyclic) bond motifs is 1. The highest BCUT2D eigenvalue weighted by Gasteiger charge is 2.16. The van der Waals surface area contributed by atoms with Crippen molar-refractivity contribution in [2.45, 2.75) is 13.3 Å². The fraction of sp³-hybridized carbons (Fsp3) is 0.353. The fourth-order valence-electron chi connectivity index (χ4n) is 2.35. The van der Waals surface area contributed by atoms with E-state index in [0.29, 0.717) is 19.7 Å². The summed E-state index contributed by atoms with van der Waals surface area (Å²) in [5, 5.41) is 3.71. The molecular formula is C17H21N3O3. The molecular weight excluding hydrogens is 294 g/mol. The highest BCUT2D eigenvalue weighted by molar-refractivity contribution is 6.01. The summed E-state index contributed by atoms with van der Waals surface area (Å²) in [6.07, 6.45) is 1.92. The van der Waals surface area contributed by atoms with E-state index in [9.17, 15) is 9.59 Å². The number of nitrogens with zero attached hydrogens (tertiary/aromatic N) is 2. The summed E-state index contributed by atoms with van der Waals surface area (Å²) in [4.78, 5) is 29.8. The first kappa shape index (κ1) is 16.9. The molecule has 0 aliphatic heterocycles. The Morgan fingerprint density at radius 1 is 1.26 bits per heavy atom. The molecule has 0 aliphatic carbocycles. The molecule has 23 heavy (non-hydrogen) atoms. The van der Waals surface area contributed by atoms with Crippen LogP contribution in [-0.4, -0.2) is 43.6 Å². The average Bonchev–Trinajstić information content (AvgIpc) is 2.55. The van der Waals surface area contributed by atoms with E-state index in [4.69, 9.17) is 4.74 Å². The second-order valence-corrected chi connectivity index (χ2v) is 5.12. The number of methoxy groups -OCH3 is 1. The van der Waals surface area contributed by atoms with Crippen LogP contribution >= 0.6 is 0 Å². The summed E-state index contributed by atoms with van der Waals surface area (Å²) in [7, 11) is 1.58. The number of pyridine rings is 1. The predicted octanol–water partition coefficient (Wildman–Crippen LogP) is 1.74. The van der Waals surface area contributed by atoms with Gasteiger partial charge in [0.15, 0.2) is 0 Å². The van der Waals surface area contributed by atoms with Crippen molar-refractivity contribution in [3.05, 3.63) is 36.5 Å². The molecule has 0 aliphatic rings. The molecule has 0 radical (unpaired) electrons. The molecule has 1 N–H and O–H groups in total. The molecule has 0 saturated carbocycles. The van der Waals surface area contributed by atoms with Crippen molar-refractivity contribution in [3.8, 4) is 0 Å². The van der Waals surface area contributed by atoms with Crippen LogP contribution in [0.2, 0.25) is 0 Å². The van der Waals surface area contributed by atoms with E-state index in [1.807, 2.05) is 30.3 Å². The number of para-hydroxylation sites is 1. The van der Waals surface area contributed by atoms with Gasteiger partial charge in [0.05, 0.1) is 17.8 Å². The maximum Gasteiger partial charge on any atom is 0.223 e. The Morgan fingerprint density at radius 3 is 2.78 bits per heavy atom. The lowest BCUT2D eigenvalue weighted by Crippen LogP contribution is -2.35. The Hall–Kier alpha value is -2.47. The minimum atomic E-state index is -0.118. The summed E-state index contributed by atoms with van der Waals surface area (Å²) in [6.45, 7) is 2.73. The van der Waals surface area contributed by atoms with Crippen molar-refractivity contribution in [1.82, 2.24) is 10.3 Å². The second kappa shape index (κ2) is 8.24. The minimum Gasteiger partial charge on any atom is -0.383 e. The number of anilines is 1. The van der Waals surface area contributed by atoms with Crippen LogP contribution in [0, 0.1) is 0 Å². The van der Waals surface area contributed by atoms with Crippen LogP contribution in [0.3, 0.4) is 0 Å². The summed E-state index contributed by atoms with van der Waals surface area (Å²) in [6, 6.07) is 9.48. The van der Waals surface area contributed by atoms with Gasteiger partial charge in [-0.3, -0.25) is 14.6 Å². The van der Waals surface area contributed by atoms with Gasteiger partial charge >= 0.3 is 0 Å². The highest BCUT2D eigenvalue weighted by Crippen LogP contribution is 2.25. The third-order valence-corrected chi connectivity index (χ3v) is 3.47. The monoisotopic (exact) mass is 315 g/mol. The smallest absolute Gasteiger partial charge is 0.223 e. The number of amides is 2. The molecule has 6 nitrogen and oxygen atoms in total. The third kappa shape index (κ3) is 4.50. The van der Waals surface area contributed by atoms with E-state index in [2.05, 4.69) is 10.3 Å². The van der Waals surface area contributed by atoms with Gasteiger partial charge in [-0.05, 0) is 12.1 Å². The average molecular weight is 315 g/mol. The zero-order chi connectivity index (χ0) is 16.7. The number of aromatic nitrogens is 1. The molecule has 6 heteroatoms. The molecule has 0 saturated heterocycles. The molecule has 0 spiro atoms. The lowest BCUT2D eigenvalue weighted by Gasteiger charge is -2.22. The first-order valence-corrected chi connectivity index (χ1v) is 7.51. The minimum absolute atomic E-state index is 0.110. The molecule has 0 bridgehead atoms. The van der Waals surface area contributed by atoms with Crippen LogP contribution in [-0.2, 0) is 14.3 Å². The van der Waals surface area contributed by atoms with Crippen LogP contribution in [0.5, 0.6) is 0 Å². The van der Waals surface area contributed by atoms with Gasteiger partial charge in [0.25, 0.3) is 0 Å². The fourth-order valence-corrected chi connectivity index (χ4v) is 2.35. The summed E-state index contributed by atoms with van der Waals surface area (Å²) in [5.74, 6) is -0.227. The molecule has 1 aromatic heterocycles. The molecule has 2 rings (SSSR count). The van der Waals surface area contributed by atoms with E-state index in [0.717, 1.165) is 16.6 Å². The van der Waals surface area contributed by atoms with Crippen molar-refractivity contribution in [2.24, 2.45) is 0 Å². The molecule has 1 aromatic carbocycles. The number of ether oxygens (including phenoxy) is 1. The highest BCUT2D eigenvalue weighted by atomic mass is 16.5. The molecule has 0 fully saturated rings. The number of benzene rings is 1. The van der Waals surface area contributed by atoms with Gasteiger partial charge in [0.1, 0.15) is 0 Å². The number of hydrogen-bond donors (Lipinski definition) is 1. The number of nitrogens with one attached hydrogen (secondary N) is 1. The Kier molecular flexibility index (Phi) is 6.05. The van der Waals surface area contributed by atoms with E-state index < -0.39 is 0 Å². The van der Waals surface area contributed by atoms with Crippen LogP contribution in [0.25, 0.3) is 10.9 Å². The zero-order valence-corrected chi connectivity index (χ0v) is 13.4. The van der Waals surface area contributed by atoms with Crippen LogP contribution < -0.4 is 10.2 Å². The predicted molar refractivity (Wildman–Crippen MR) is 89.3 cm³/mol. The SMILES string of the molecule is COCCNC(=O)CCN(C(C)=O)c1cccc2cccnc12. The van der Waals surface area contributed by atoms with Crippen LogP contribution in [0.1, 0.15) is 13.3 Å². The molecule has 122 valence electrons. The Bertz CT molecular complexity index is 682. The summed E-state index contributed by atoms with van der Waals surface area (Å²) >= 11 is 0. The lowest BCUT2D eigenvalue weighted by atomic mass is 10.1.